The molecule has 1 aliphatic rings. The van der Waals surface area contributed by atoms with E-state index in [1.54, 1.807) is 18.2 Å². The van der Waals surface area contributed by atoms with Crippen molar-refractivity contribution in [2.75, 3.05) is 0 Å². The van der Waals surface area contributed by atoms with Gasteiger partial charge in [-0.15, -0.1) is 0 Å². The molecule has 1 N–H and O–H groups in total. The van der Waals surface area contributed by atoms with Crippen LogP contribution < -0.4 is 0 Å². The van der Waals surface area contributed by atoms with Crippen LogP contribution in [-0.4, -0.2) is 10.9 Å². The molecule has 2 heteroatoms. The predicted molar refractivity (Wildman–Crippen MR) is 68.0 cm³/mol. The summed E-state index contributed by atoms with van der Waals surface area (Å²) in [5.74, 6) is 0.420. The van der Waals surface area contributed by atoms with Crippen LogP contribution in [0, 0.1) is 0 Å². The van der Waals surface area contributed by atoms with Crippen molar-refractivity contribution in [3.05, 3.63) is 53.6 Å². The molecule has 0 fully saturated rings. The van der Waals surface area contributed by atoms with E-state index in [4.69, 9.17) is 0 Å². The number of carbonyl (C=O) groups is 1. The van der Waals surface area contributed by atoms with Gasteiger partial charge in [0.1, 0.15) is 5.75 Å². The summed E-state index contributed by atoms with van der Waals surface area (Å²) < 4.78 is 0. The Morgan fingerprint density at radius 3 is 2.29 bits per heavy atom. The van der Waals surface area contributed by atoms with E-state index in [1.165, 1.54) is 0 Å². The van der Waals surface area contributed by atoms with Crippen molar-refractivity contribution in [1.29, 1.82) is 0 Å². The smallest absolute Gasteiger partial charge is 0.159 e. The van der Waals surface area contributed by atoms with Crippen LogP contribution in [0.4, 0.5) is 0 Å². The third kappa shape index (κ3) is 2.31. The van der Waals surface area contributed by atoms with Gasteiger partial charge in [-0.1, -0.05) is 38.1 Å². The number of hydrogen-bond acceptors (Lipinski definition) is 2. The number of ketones is 1. The first kappa shape index (κ1) is 11.6. The van der Waals surface area contributed by atoms with Gasteiger partial charge in [-0.2, -0.15) is 0 Å². The molecule has 0 radical (unpaired) electrons. The summed E-state index contributed by atoms with van der Waals surface area (Å²) in [6.45, 7) is 4.23. The molecule has 0 saturated carbocycles. The van der Waals surface area contributed by atoms with E-state index >= 15 is 0 Å². The minimum absolute atomic E-state index is 0.148. The van der Waals surface area contributed by atoms with Crippen LogP contribution >= 0.6 is 0 Å². The highest BCUT2D eigenvalue weighted by atomic mass is 16.3. The first-order chi connectivity index (χ1) is 8.00. The molecule has 0 unspecified atom stereocenters. The first-order valence-corrected chi connectivity index (χ1v) is 5.71. The third-order valence-electron chi connectivity index (χ3n) is 3.28. The maximum Gasteiger partial charge on any atom is 0.159 e. The van der Waals surface area contributed by atoms with E-state index in [-0.39, 0.29) is 16.9 Å². The Hall–Kier alpha value is -1.83. The summed E-state index contributed by atoms with van der Waals surface area (Å²) in [5.41, 5.74) is 2.12. The Bertz CT molecular complexity index is 490. The van der Waals surface area contributed by atoms with Crippen molar-refractivity contribution in [3.63, 3.8) is 0 Å². The number of phenols is 1. The van der Waals surface area contributed by atoms with Gasteiger partial charge < -0.3 is 5.11 Å². The summed E-state index contributed by atoms with van der Waals surface area (Å²) >= 11 is 0. The third-order valence-corrected chi connectivity index (χ3v) is 3.28. The number of hydrogen-bond donors (Lipinski definition) is 1. The fraction of sp³-hybridized carbons (Fsp3) is 0.267. The van der Waals surface area contributed by atoms with Gasteiger partial charge in [0.05, 0.1) is 0 Å². The number of allylic oxidation sites excluding steroid dienone is 4. The fourth-order valence-electron chi connectivity index (χ4n) is 2.04. The number of phenolic OH excluding ortho intramolecular Hbond substituents is 1. The van der Waals surface area contributed by atoms with Crippen molar-refractivity contribution in [2.24, 2.45) is 0 Å². The van der Waals surface area contributed by atoms with E-state index in [2.05, 4.69) is 13.8 Å². The average Bonchev–Trinajstić information content (AvgIpc) is 2.30. The van der Waals surface area contributed by atoms with Crippen LogP contribution in [-0.2, 0) is 10.2 Å². The molecule has 17 heavy (non-hydrogen) atoms. The normalized spacial score (nSPS) is 15.9. The predicted octanol–water partition coefficient (Wildman–Crippen LogP) is 3.13. The number of benzene rings is 1. The maximum atomic E-state index is 11.2. The Balaban J connectivity index is 2.33. The lowest BCUT2D eigenvalue weighted by Crippen LogP contribution is -2.20. The van der Waals surface area contributed by atoms with Gasteiger partial charge >= 0.3 is 0 Å². The molecule has 2 rings (SSSR count). The molecule has 0 bridgehead atoms. The summed E-state index contributed by atoms with van der Waals surface area (Å²) in [6.07, 6.45) is 5.98. The Kier molecular flexibility index (Phi) is 2.88. The molecule has 1 aliphatic carbocycles. The van der Waals surface area contributed by atoms with Crippen LogP contribution in [0.25, 0.3) is 0 Å². The lowest BCUT2D eigenvalue weighted by Gasteiger charge is -2.28. The van der Waals surface area contributed by atoms with Crippen LogP contribution in [0.1, 0.15) is 25.8 Å². The zero-order valence-electron chi connectivity index (χ0n) is 10.1. The molecule has 0 spiro atoms. The quantitative estimate of drug-likeness (QED) is 0.844. The molecule has 2 nitrogen and oxygen atoms in total. The number of carbonyl (C=O) groups excluding carboxylic acids is 1. The van der Waals surface area contributed by atoms with E-state index in [0.29, 0.717) is 6.42 Å². The highest BCUT2D eigenvalue weighted by molar-refractivity contribution is 5.92. The van der Waals surface area contributed by atoms with Crippen LogP contribution in [0.15, 0.2) is 48.1 Å². The molecule has 0 amide bonds. The van der Waals surface area contributed by atoms with Gasteiger partial charge in [0, 0.05) is 11.8 Å². The van der Waals surface area contributed by atoms with Crippen molar-refractivity contribution in [2.45, 2.75) is 25.7 Å². The zero-order chi connectivity index (χ0) is 12.5. The van der Waals surface area contributed by atoms with Gasteiger partial charge in [-0.05, 0) is 29.3 Å². The largest absolute Gasteiger partial charge is 0.508 e. The van der Waals surface area contributed by atoms with Gasteiger partial charge in [-0.3, -0.25) is 4.79 Å². The van der Waals surface area contributed by atoms with E-state index in [1.807, 2.05) is 24.3 Å². The van der Waals surface area contributed by atoms with Crippen LogP contribution in [0.5, 0.6) is 5.75 Å². The van der Waals surface area contributed by atoms with E-state index < -0.39 is 0 Å². The highest BCUT2D eigenvalue weighted by Gasteiger charge is 2.25. The maximum absolute atomic E-state index is 11.2. The topological polar surface area (TPSA) is 37.3 Å². The second-order valence-electron chi connectivity index (χ2n) is 4.84. The van der Waals surface area contributed by atoms with Crippen molar-refractivity contribution in [1.82, 2.24) is 0 Å². The van der Waals surface area contributed by atoms with Crippen molar-refractivity contribution >= 4 is 5.78 Å². The molecular formula is C15H16O2. The minimum atomic E-state index is -0.148. The summed E-state index contributed by atoms with van der Waals surface area (Å²) in [7, 11) is 0. The molecule has 0 saturated heterocycles. The minimum Gasteiger partial charge on any atom is -0.508 e. The summed E-state index contributed by atoms with van der Waals surface area (Å²) in [6, 6.07) is 7.21. The van der Waals surface area contributed by atoms with Gasteiger partial charge in [0.25, 0.3) is 0 Å². The molecule has 0 heterocycles. The monoisotopic (exact) mass is 228 g/mol. The van der Waals surface area contributed by atoms with Crippen LogP contribution in [0.3, 0.4) is 0 Å². The zero-order valence-corrected chi connectivity index (χ0v) is 10.1. The van der Waals surface area contributed by atoms with E-state index in [0.717, 1.165) is 11.1 Å². The molecular weight excluding hydrogens is 212 g/mol. The Morgan fingerprint density at radius 1 is 1.12 bits per heavy atom. The van der Waals surface area contributed by atoms with Crippen molar-refractivity contribution < 1.29 is 9.90 Å². The molecule has 88 valence electrons. The van der Waals surface area contributed by atoms with Gasteiger partial charge in [0.2, 0.25) is 0 Å². The first-order valence-electron chi connectivity index (χ1n) is 5.71. The molecule has 0 atom stereocenters. The Morgan fingerprint density at radius 2 is 1.76 bits per heavy atom. The van der Waals surface area contributed by atoms with Crippen molar-refractivity contribution in [3.8, 4) is 5.75 Å². The molecule has 0 aromatic heterocycles. The van der Waals surface area contributed by atoms with Gasteiger partial charge in [-0.25, -0.2) is 0 Å². The number of aromatic hydroxyl groups is 1. The standard InChI is InChI=1S/C15H16O2/c1-15(2,11-3-7-13(16)8-4-11)12-5-9-14(17)10-6-12/h3-9,16H,10H2,1-2H3. The second kappa shape index (κ2) is 4.21. The molecule has 0 aliphatic heterocycles. The second-order valence-corrected chi connectivity index (χ2v) is 4.84. The lowest BCUT2D eigenvalue weighted by molar-refractivity contribution is -0.113. The summed E-state index contributed by atoms with van der Waals surface area (Å²) in [4.78, 5) is 11.2. The SMILES string of the molecule is CC(C)(C1=CCC(=O)C=C1)c1ccc(O)cc1. The molecule has 1 aromatic rings. The summed E-state index contributed by atoms with van der Waals surface area (Å²) in [5, 5.41) is 9.29. The molecule has 1 aromatic carbocycles. The fourth-order valence-corrected chi connectivity index (χ4v) is 2.04. The Labute approximate surface area is 101 Å². The highest BCUT2D eigenvalue weighted by Crippen LogP contribution is 2.34. The van der Waals surface area contributed by atoms with Crippen LogP contribution in [0.2, 0.25) is 0 Å². The number of rotatable bonds is 2. The average molecular weight is 228 g/mol. The van der Waals surface area contributed by atoms with Gasteiger partial charge in [0.15, 0.2) is 5.78 Å². The van der Waals surface area contributed by atoms with E-state index in [9.17, 15) is 9.90 Å². The lowest BCUT2D eigenvalue weighted by atomic mass is 9.76.